The van der Waals surface area contributed by atoms with Gasteiger partial charge >= 0.3 is 0 Å². The predicted octanol–water partition coefficient (Wildman–Crippen LogP) is 0.775. The Morgan fingerprint density at radius 1 is 1.15 bits per heavy atom. The second-order valence-corrected chi connectivity index (χ2v) is 9.59. The number of amides is 2. The highest BCUT2D eigenvalue weighted by Gasteiger charge is 2.35. The number of hydrogen-bond acceptors (Lipinski definition) is 8. The topological polar surface area (TPSA) is 144 Å². The number of nitrogens with one attached hydrogen (secondary N) is 1. The summed E-state index contributed by atoms with van der Waals surface area (Å²) in [5, 5.41) is 8.39. The highest BCUT2D eigenvalue weighted by molar-refractivity contribution is 7.89. The van der Waals surface area contributed by atoms with Crippen LogP contribution < -0.4 is 20.8 Å². The number of para-hydroxylation sites is 1. The van der Waals surface area contributed by atoms with Crippen LogP contribution in [-0.2, 0) is 24.3 Å². The van der Waals surface area contributed by atoms with E-state index in [1.165, 1.54) is 34.6 Å². The van der Waals surface area contributed by atoms with Crippen LogP contribution in [0.4, 0.5) is 11.4 Å². The number of sulfonamides is 1. The zero-order valence-corrected chi connectivity index (χ0v) is 19.3. The van der Waals surface area contributed by atoms with Crippen molar-refractivity contribution >= 4 is 38.9 Å². The third-order valence-corrected chi connectivity index (χ3v) is 7.45. The first-order chi connectivity index (χ1) is 16.3. The van der Waals surface area contributed by atoms with Crippen molar-refractivity contribution in [3.05, 3.63) is 48.5 Å². The van der Waals surface area contributed by atoms with Crippen molar-refractivity contribution in [2.45, 2.75) is 17.4 Å². The number of anilines is 2. The van der Waals surface area contributed by atoms with Crippen LogP contribution in [0, 0.1) is 0 Å². The first-order valence-corrected chi connectivity index (χ1v) is 12.0. The fourth-order valence-electron chi connectivity index (χ4n) is 3.77. The van der Waals surface area contributed by atoms with Gasteiger partial charge in [-0.2, -0.15) is 9.41 Å². The van der Waals surface area contributed by atoms with Gasteiger partial charge < -0.3 is 20.5 Å². The van der Waals surface area contributed by atoms with Crippen molar-refractivity contribution < 1.29 is 27.5 Å². The second kappa shape index (κ2) is 9.79. The lowest BCUT2D eigenvalue weighted by Gasteiger charge is -2.26. The van der Waals surface area contributed by atoms with Crippen LogP contribution in [0.5, 0.6) is 5.75 Å². The van der Waals surface area contributed by atoms with Crippen LogP contribution in [0.15, 0.2) is 58.5 Å². The molecule has 2 aliphatic heterocycles. The van der Waals surface area contributed by atoms with Crippen LogP contribution in [0.1, 0.15) is 6.42 Å². The fraction of sp³-hybridized carbons (Fsp3) is 0.318. The molecular weight excluding hydrogens is 462 g/mol. The Morgan fingerprint density at radius 2 is 1.85 bits per heavy atom. The fourth-order valence-corrected chi connectivity index (χ4v) is 5.36. The van der Waals surface area contributed by atoms with Crippen molar-refractivity contribution in [2.75, 3.05) is 43.7 Å². The molecule has 2 heterocycles. The maximum absolute atomic E-state index is 13.2. The molecule has 1 saturated heterocycles. The molecule has 0 saturated carbocycles. The molecule has 2 aliphatic rings. The van der Waals surface area contributed by atoms with E-state index in [0.29, 0.717) is 18.9 Å². The number of carbonyl (C=O) groups is 2. The number of carbonyl (C=O) groups excluding carboxylic acids is 2. The van der Waals surface area contributed by atoms with Crippen LogP contribution >= 0.6 is 0 Å². The van der Waals surface area contributed by atoms with Gasteiger partial charge in [0.2, 0.25) is 15.9 Å². The van der Waals surface area contributed by atoms with Crippen molar-refractivity contribution in [3.8, 4) is 5.75 Å². The molecule has 1 atom stereocenters. The Kier molecular flexibility index (Phi) is 6.82. The van der Waals surface area contributed by atoms with E-state index >= 15 is 0 Å². The van der Waals surface area contributed by atoms with E-state index in [2.05, 4.69) is 10.4 Å². The quantitative estimate of drug-likeness (QED) is 0.587. The number of hydrogen-bond donors (Lipinski definition) is 2. The molecule has 0 aromatic heterocycles. The molecule has 0 bridgehead atoms. The smallest absolute Gasteiger partial charge is 0.271 e. The van der Waals surface area contributed by atoms with E-state index in [-0.39, 0.29) is 41.6 Å². The Labute approximate surface area is 197 Å². The lowest BCUT2D eigenvalue weighted by molar-refractivity contribution is -0.119. The molecule has 3 N–H and O–H groups in total. The van der Waals surface area contributed by atoms with Crippen LogP contribution in [-0.4, -0.2) is 69.7 Å². The zero-order valence-electron chi connectivity index (χ0n) is 18.5. The molecule has 1 unspecified atom stereocenters. The standard InChI is InChI=1S/C22H25N5O6S/c1-32-19-8-7-15(13-20(19)34(30,31)26-9-11-33-12-10-26)24-22(29)17-14-18(21(23)28)27(25-17)16-5-3-2-4-6-16/h2-8,13,18H,9-12,14H2,1H3,(H2,23,28)(H,24,29). The second-order valence-electron chi connectivity index (χ2n) is 7.69. The lowest BCUT2D eigenvalue weighted by atomic mass is 10.1. The van der Waals surface area contributed by atoms with Crippen molar-refractivity contribution in [1.29, 1.82) is 0 Å². The number of rotatable bonds is 7. The first-order valence-electron chi connectivity index (χ1n) is 10.6. The van der Waals surface area contributed by atoms with E-state index in [1.54, 1.807) is 24.3 Å². The number of benzene rings is 2. The number of hydrazone groups is 1. The minimum absolute atomic E-state index is 0.0190. The third-order valence-electron chi connectivity index (χ3n) is 5.53. The number of ether oxygens (including phenoxy) is 2. The van der Waals surface area contributed by atoms with E-state index in [1.807, 2.05) is 6.07 Å². The van der Waals surface area contributed by atoms with Crippen LogP contribution in [0.25, 0.3) is 0 Å². The molecule has 4 rings (SSSR count). The number of methoxy groups -OCH3 is 1. The van der Waals surface area contributed by atoms with Gasteiger partial charge in [-0.15, -0.1) is 0 Å². The SMILES string of the molecule is COc1ccc(NC(=O)C2=NN(c3ccccc3)C(C(N)=O)C2)cc1S(=O)(=O)N1CCOCC1. The van der Waals surface area contributed by atoms with Crippen molar-refractivity contribution in [1.82, 2.24) is 4.31 Å². The van der Waals surface area contributed by atoms with Gasteiger partial charge in [0.1, 0.15) is 22.4 Å². The van der Waals surface area contributed by atoms with E-state index in [9.17, 15) is 18.0 Å². The van der Waals surface area contributed by atoms with E-state index in [0.717, 1.165) is 0 Å². The minimum atomic E-state index is -3.87. The maximum Gasteiger partial charge on any atom is 0.271 e. The number of morpholine rings is 1. The number of primary amides is 1. The third kappa shape index (κ3) is 4.74. The summed E-state index contributed by atoms with van der Waals surface area (Å²) in [5.41, 5.74) is 6.50. The molecule has 1 fully saturated rings. The molecule has 0 aliphatic carbocycles. The molecule has 0 spiro atoms. The molecular formula is C22H25N5O6S. The summed E-state index contributed by atoms with van der Waals surface area (Å²) >= 11 is 0. The predicted molar refractivity (Wildman–Crippen MR) is 125 cm³/mol. The lowest BCUT2D eigenvalue weighted by Crippen LogP contribution is -2.40. The molecule has 180 valence electrons. The number of nitrogens with zero attached hydrogens (tertiary/aromatic N) is 3. The van der Waals surface area contributed by atoms with Crippen molar-refractivity contribution in [2.24, 2.45) is 10.8 Å². The largest absolute Gasteiger partial charge is 0.495 e. The summed E-state index contributed by atoms with van der Waals surface area (Å²) in [7, 11) is -2.49. The summed E-state index contributed by atoms with van der Waals surface area (Å²) in [6.45, 7) is 1.05. The average Bonchev–Trinajstić information content (AvgIpc) is 3.31. The molecule has 2 aromatic carbocycles. The van der Waals surface area contributed by atoms with Gasteiger partial charge in [0.25, 0.3) is 5.91 Å². The molecule has 2 amide bonds. The first kappa shape index (κ1) is 23.7. The van der Waals surface area contributed by atoms with Crippen LogP contribution in [0.2, 0.25) is 0 Å². The van der Waals surface area contributed by atoms with Gasteiger partial charge in [-0.25, -0.2) is 8.42 Å². The summed E-state index contributed by atoms with van der Waals surface area (Å²) in [5.74, 6) is -1.02. The Morgan fingerprint density at radius 3 is 2.50 bits per heavy atom. The maximum atomic E-state index is 13.2. The van der Waals surface area contributed by atoms with Gasteiger partial charge in [0, 0.05) is 25.2 Å². The van der Waals surface area contributed by atoms with Gasteiger partial charge in [-0.05, 0) is 30.3 Å². The molecule has 34 heavy (non-hydrogen) atoms. The monoisotopic (exact) mass is 487 g/mol. The molecule has 2 aromatic rings. The van der Waals surface area contributed by atoms with E-state index in [4.69, 9.17) is 15.2 Å². The number of nitrogens with two attached hydrogens (primary N) is 1. The normalized spacial score (nSPS) is 18.9. The van der Waals surface area contributed by atoms with Gasteiger partial charge in [-0.3, -0.25) is 14.6 Å². The average molecular weight is 488 g/mol. The van der Waals surface area contributed by atoms with Crippen LogP contribution in [0.3, 0.4) is 0 Å². The summed E-state index contributed by atoms with van der Waals surface area (Å²) < 4.78 is 38.2. The summed E-state index contributed by atoms with van der Waals surface area (Å²) in [4.78, 5) is 24.9. The molecule has 12 heteroatoms. The highest BCUT2D eigenvalue weighted by Crippen LogP contribution is 2.31. The van der Waals surface area contributed by atoms with Gasteiger partial charge in [0.05, 0.1) is 26.0 Å². The zero-order chi connectivity index (χ0) is 24.3. The Balaban J connectivity index is 1.58. The summed E-state index contributed by atoms with van der Waals surface area (Å²) in [6.07, 6.45) is 0.0190. The van der Waals surface area contributed by atoms with E-state index < -0.39 is 27.9 Å². The van der Waals surface area contributed by atoms with Crippen molar-refractivity contribution in [3.63, 3.8) is 0 Å². The van der Waals surface area contributed by atoms with Gasteiger partial charge in [-0.1, -0.05) is 18.2 Å². The molecule has 11 nitrogen and oxygen atoms in total. The molecule has 0 radical (unpaired) electrons. The summed E-state index contributed by atoms with van der Waals surface area (Å²) in [6, 6.07) is 12.5. The Hall–Kier alpha value is -3.48. The van der Waals surface area contributed by atoms with Gasteiger partial charge in [0.15, 0.2) is 0 Å². The Bertz CT molecular complexity index is 1210. The minimum Gasteiger partial charge on any atom is -0.495 e. The highest BCUT2D eigenvalue weighted by atomic mass is 32.2.